The number of amides is 1. The van der Waals surface area contributed by atoms with Gasteiger partial charge in [0.1, 0.15) is 11.5 Å². The van der Waals surface area contributed by atoms with Gasteiger partial charge in [-0.05, 0) is 0 Å². The van der Waals surface area contributed by atoms with Gasteiger partial charge in [-0.25, -0.2) is 4.98 Å². The second-order valence-electron chi connectivity index (χ2n) is 3.52. The molecular formula is C12H11N3O2. The zero-order chi connectivity index (χ0) is 12.3. The van der Waals surface area contributed by atoms with Crippen molar-refractivity contribution in [1.82, 2.24) is 9.97 Å². The lowest BCUT2D eigenvalue weighted by atomic mass is 10.2. The highest BCUT2D eigenvalue weighted by molar-refractivity contribution is 5.88. The first-order valence-electron chi connectivity index (χ1n) is 5.09. The molecule has 86 valence electrons. The fourth-order valence-corrected chi connectivity index (χ4v) is 1.42. The molecule has 2 N–H and O–H groups in total. The van der Waals surface area contributed by atoms with Crippen LogP contribution in [0.3, 0.4) is 0 Å². The van der Waals surface area contributed by atoms with Gasteiger partial charge in [-0.1, -0.05) is 30.3 Å². The summed E-state index contributed by atoms with van der Waals surface area (Å²) in [6, 6.07) is 9.29. The lowest BCUT2D eigenvalue weighted by Crippen LogP contribution is -2.18. The fraction of sp³-hybridized carbons (Fsp3) is 0.0833. The van der Waals surface area contributed by atoms with Crippen LogP contribution in [-0.2, 0) is 4.79 Å². The Morgan fingerprint density at radius 3 is 2.59 bits per heavy atom. The van der Waals surface area contributed by atoms with E-state index in [0.717, 1.165) is 5.56 Å². The van der Waals surface area contributed by atoms with Crippen LogP contribution in [0, 0.1) is 0 Å². The highest BCUT2D eigenvalue weighted by Crippen LogP contribution is 2.12. The summed E-state index contributed by atoms with van der Waals surface area (Å²) < 4.78 is 0. The molecule has 1 aromatic heterocycles. The Labute approximate surface area is 97.5 Å². The summed E-state index contributed by atoms with van der Waals surface area (Å²) in [5, 5.41) is 2.41. The van der Waals surface area contributed by atoms with Gasteiger partial charge in [0.05, 0.1) is 6.20 Å². The van der Waals surface area contributed by atoms with Crippen LogP contribution in [-0.4, -0.2) is 15.9 Å². The Morgan fingerprint density at radius 2 is 2.00 bits per heavy atom. The van der Waals surface area contributed by atoms with Crippen LogP contribution in [0.2, 0.25) is 0 Å². The number of anilines is 1. The lowest BCUT2D eigenvalue weighted by Gasteiger charge is -2.03. The van der Waals surface area contributed by atoms with E-state index in [1.807, 2.05) is 30.3 Å². The monoisotopic (exact) mass is 229 g/mol. The van der Waals surface area contributed by atoms with Crippen molar-refractivity contribution in [2.75, 3.05) is 5.32 Å². The van der Waals surface area contributed by atoms with E-state index in [1.165, 1.54) is 13.1 Å². The molecule has 1 amide bonds. The normalized spacial score (nSPS) is 9.94. The van der Waals surface area contributed by atoms with Gasteiger partial charge in [-0.15, -0.1) is 0 Å². The summed E-state index contributed by atoms with van der Waals surface area (Å²) in [5.41, 5.74) is 0.602. The first kappa shape index (κ1) is 11.1. The predicted octanol–water partition coefficient (Wildman–Crippen LogP) is 1.40. The molecule has 0 radical (unpaired) electrons. The molecule has 1 heterocycles. The number of benzene rings is 1. The van der Waals surface area contributed by atoms with Crippen LogP contribution in [0.15, 0.2) is 41.3 Å². The molecule has 5 nitrogen and oxygen atoms in total. The third kappa shape index (κ3) is 2.57. The molecule has 0 saturated heterocycles. The average molecular weight is 229 g/mol. The number of hydrogen-bond donors (Lipinski definition) is 2. The maximum atomic E-state index is 11.6. The van der Waals surface area contributed by atoms with Crippen LogP contribution in [0.25, 0.3) is 11.4 Å². The molecule has 0 bridgehead atoms. The van der Waals surface area contributed by atoms with Crippen LogP contribution >= 0.6 is 0 Å². The Balaban J connectivity index is 2.38. The smallest absolute Gasteiger partial charge is 0.274 e. The number of nitrogens with one attached hydrogen (secondary N) is 2. The van der Waals surface area contributed by atoms with E-state index in [9.17, 15) is 9.59 Å². The minimum atomic E-state index is -0.367. The van der Waals surface area contributed by atoms with E-state index in [0.29, 0.717) is 5.82 Å². The molecule has 2 rings (SSSR count). The maximum absolute atomic E-state index is 11.6. The summed E-state index contributed by atoms with van der Waals surface area (Å²) in [6.45, 7) is 1.34. The molecule has 0 aliphatic heterocycles. The summed E-state index contributed by atoms with van der Waals surface area (Å²) in [4.78, 5) is 29.2. The number of H-pyrrole nitrogens is 1. The highest BCUT2D eigenvalue weighted by Gasteiger charge is 2.04. The first-order chi connectivity index (χ1) is 8.16. The third-order valence-corrected chi connectivity index (χ3v) is 2.16. The number of aromatic nitrogens is 2. The lowest BCUT2D eigenvalue weighted by molar-refractivity contribution is -0.114. The molecule has 0 spiro atoms. The standard InChI is InChI=1S/C12H11N3O2/c1-8(16)14-10-7-13-11(15-12(10)17)9-5-3-2-4-6-9/h2-7H,1H3,(H,14,16)(H,13,15,17). The van der Waals surface area contributed by atoms with Crippen molar-refractivity contribution in [3.8, 4) is 11.4 Å². The Morgan fingerprint density at radius 1 is 1.29 bits per heavy atom. The number of hydrogen-bond acceptors (Lipinski definition) is 3. The highest BCUT2D eigenvalue weighted by atomic mass is 16.2. The molecule has 0 saturated carbocycles. The van der Waals surface area contributed by atoms with Crippen molar-refractivity contribution in [3.63, 3.8) is 0 Å². The SMILES string of the molecule is CC(=O)Nc1cnc(-c2ccccc2)[nH]c1=O. The molecule has 0 atom stereocenters. The van der Waals surface area contributed by atoms with E-state index in [2.05, 4.69) is 15.3 Å². The van der Waals surface area contributed by atoms with Crippen molar-refractivity contribution in [3.05, 3.63) is 46.9 Å². The van der Waals surface area contributed by atoms with E-state index in [1.54, 1.807) is 0 Å². The third-order valence-electron chi connectivity index (χ3n) is 2.16. The van der Waals surface area contributed by atoms with Gasteiger partial charge < -0.3 is 10.3 Å². The number of nitrogens with zero attached hydrogens (tertiary/aromatic N) is 1. The largest absolute Gasteiger partial charge is 0.320 e. The fourth-order valence-electron chi connectivity index (χ4n) is 1.42. The van der Waals surface area contributed by atoms with Crippen molar-refractivity contribution >= 4 is 11.6 Å². The summed E-state index contributed by atoms with van der Waals surface area (Å²) in [5.74, 6) is 0.175. The Bertz CT molecular complexity index is 590. The number of rotatable bonds is 2. The van der Waals surface area contributed by atoms with Crippen molar-refractivity contribution in [2.24, 2.45) is 0 Å². The molecule has 2 aromatic rings. The minimum absolute atomic E-state index is 0.150. The van der Waals surface area contributed by atoms with Crippen LogP contribution < -0.4 is 10.9 Å². The van der Waals surface area contributed by atoms with E-state index >= 15 is 0 Å². The summed E-state index contributed by atoms with van der Waals surface area (Å²) in [6.07, 6.45) is 1.35. The quantitative estimate of drug-likeness (QED) is 0.817. The number of aromatic amines is 1. The zero-order valence-corrected chi connectivity index (χ0v) is 9.23. The molecule has 0 aliphatic carbocycles. The van der Waals surface area contributed by atoms with E-state index < -0.39 is 0 Å². The molecule has 0 aliphatic rings. The van der Waals surface area contributed by atoms with Crippen molar-refractivity contribution in [1.29, 1.82) is 0 Å². The zero-order valence-electron chi connectivity index (χ0n) is 9.23. The van der Waals surface area contributed by atoms with Gasteiger partial charge in [0, 0.05) is 12.5 Å². The van der Waals surface area contributed by atoms with E-state index in [-0.39, 0.29) is 17.2 Å². The predicted molar refractivity (Wildman–Crippen MR) is 64.6 cm³/mol. The number of carbonyl (C=O) groups excluding carboxylic acids is 1. The summed E-state index contributed by atoms with van der Waals surface area (Å²) >= 11 is 0. The molecule has 17 heavy (non-hydrogen) atoms. The van der Waals surface area contributed by atoms with E-state index in [4.69, 9.17) is 0 Å². The molecular weight excluding hydrogens is 218 g/mol. The summed E-state index contributed by atoms with van der Waals surface area (Å²) in [7, 11) is 0. The van der Waals surface area contributed by atoms with Gasteiger partial charge >= 0.3 is 0 Å². The molecule has 1 aromatic carbocycles. The Hall–Kier alpha value is -2.43. The van der Waals surface area contributed by atoms with Gasteiger partial charge in [0.2, 0.25) is 5.91 Å². The van der Waals surface area contributed by atoms with Crippen LogP contribution in [0.4, 0.5) is 5.69 Å². The van der Waals surface area contributed by atoms with Crippen LogP contribution in [0.1, 0.15) is 6.92 Å². The van der Waals surface area contributed by atoms with Gasteiger partial charge in [0.15, 0.2) is 0 Å². The van der Waals surface area contributed by atoms with Gasteiger partial charge in [-0.3, -0.25) is 9.59 Å². The first-order valence-corrected chi connectivity index (χ1v) is 5.09. The minimum Gasteiger partial charge on any atom is -0.320 e. The Kier molecular flexibility index (Phi) is 3.00. The second kappa shape index (κ2) is 4.61. The van der Waals surface area contributed by atoms with Crippen molar-refractivity contribution in [2.45, 2.75) is 6.92 Å². The topological polar surface area (TPSA) is 74.8 Å². The van der Waals surface area contributed by atoms with Crippen molar-refractivity contribution < 1.29 is 4.79 Å². The molecule has 0 unspecified atom stereocenters. The number of carbonyl (C=O) groups is 1. The average Bonchev–Trinajstić information content (AvgIpc) is 2.32. The second-order valence-corrected chi connectivity index (χ2v) is 3.52. The molecule has 0 fully saturated rings. The molecule has 5 heteroatoms. The maximum Gasteiger partial charge on any atom is 0.274 e. The van der Waals surface area contributed by atoms with Gasteiger partial charge in [0.25, 0.3) is 5.56 Å². The van der Waals surface area contributed by atoms with Crippen LogP contribution in [0.5, 0.6) is 0 Å². The van der Waals surface area contributed by atoms with Gasteiger partial charge in [-0.2, -0.15) is 0 Å².